The number of ether oxygens (including phenoxy) is 1. The van der Waals surface area contributed by atoms with Crippen LogP contribution in [-0.2, 0) is 23.0 Å². The molecule has 0 unspecified atom stereocenters. The predicted molar refractivity (Wildman–Crippen MR) is 113 cm³/mol. The van der Waals surface area contributed by atoms with Gasteiger partial charge in [-0.15, -0.1) is 0 Å². The molecule has 1 aliphatic rings. The molecule has 0 spiro atoms. The summed E-state index contributed by atoms with van der Waals surface area (Å²) in [6.45, 7) is 4.76. The Labute approximate surface area is 170 Å². The fourth-order valence-corrected chi connectivity index (χ4v) is 5.32. The number of para-hydroxylation sites is 1. The minimum Gasteiger partial charge on any atom is -0.492 e. The zero-order valence-electron chi connectivity index (χ0n) is 16.6. The van der Waals surface area contributed by atoms with Crippen LogP contribution in [0.15, 0.2) is 52.2 Å². The van der Waals surface area contributed by atoms with E-state index in [4.69, 9.17) is 4.74 Å². The number of benzene rings is 2. The van der Waals surface area contributed by atoms with Crippen LogP contribution in [-0.4, -0.2) is 26.1 Å². The van der Waals surface area contributed by atoms with Crippen molar-refractivity contribution in [2.75, 3.05) is 13.2 Å². The Balaban J connectivity index is 1.65. The topological polar surface area (TPSA) is 77.4 Å². The summed E-state index contributed by atoms with van der Waals surface area (Å²) in [4.78, 5) is 12.6. The Kier molecular flexibility index (Phi) is 5.19. The average molecular weight is 413 g/mol. The van der Waals surface area contributed by atoms with E-state index in [2.05, 4.69) is 4.72 Å². The first kappa shape index (κ1) is 19.7. The second-order valence-corrected chi connectivity index (χ2v) is 9.09. The molecule has 1 N–H and O–H groups in total. The number of rotatable bonds is 6. The van der Waals surface area contributed by atoms with E-state index < -0.39 is 10.0 Å². The van der Waals surface area contributed by atoms with Gasteiger partial charge in [-0.3, -0.25) is 4.79 Å². The van der Waals surface area contributed by atoms with Crippen molar-refractivity contribution in [3.8, 4) is 5.75 Å². The van der Waals surface area contributed by atoms with Gasteiger partial charge in [-0.25, -0.2) is 13.1 Å². The highest BCUT2D eigenvalue weighted by atomic mass is 32.2. The number of hydrogen-bond donors (Lipinski definition) is 1. The molecule has 0 saturated carbocycles. The number of aryl methyl sites for hydroxylation is 3. The fraction of sp³-hybridized carbons (Fsp3) is 0.318. The Morgan fingerprint density at radius 1 is 1.14 bits per heavy atom. The number of hydrogen-bond acceptors (Lipinski definition) is 4. The summed E-state index contributed by atoms with van der Waals surface area (Å²) in [6, 6.07) is 12.6. The summed E-state index contributed by atoms with van der Waals surface area (Å²) in [5.41, 5.74) is 3.32. The van der Waals surface area contributed by atoms with E-state index in [1.807, 2.05) is 44.2 Å². The first-order valence-electron chi connectivity index (χ1n) is 9.72. The van der Waals surface area contributed by atoms with Crippen molar-refractivity contribution in [1.29, 1.82) is 0 Å². The summed E-state index contributed by atoms with van der Waals surface area (Å²) >= 11 is 0. The van der Waals surface area contributed by atoms with Crippen molar-refractivity contribution in [1.82, 2.24) is 9.29 Å². The molecule has 0 amide bonds. The van der Waals surface area contributed by atoms with Gasteiger partial charge in [0.1, 0.15) is 12.4 Å². The highest BCUT2D eigenvalue weighted by molar-refractivity contribution is 7.89. The normalized spacial score (nSPS) is 13.6. The van der Waals surface area contributed by atoms with Gasteiger partial charge in [0.25, 0.3) is 5.56 Å². The number of nitrogens with one attached hydrogen (secondary N) is 1. The summed E-state index contributed by atoms with van der Waals surface area (Å²) in [6.07, 6.45) is 1.60. The molecule has 6 nitrogen and oxygen atoms in total. The van der Waals surface area contributed by atoms with Crippen molar-refractivity contribution in [3.05, 3.63) is 69.5 Å². The zero-order chi connectivity index (χ0) is 20.6. The van der Waals surface area contributed by atoms with Crippen LogP contribution in [0.25, 0.3) is 10.9 Å². The summed E-state index contributed by atoms with van der Waals surface area (Å²) in [5.74, 6) is 0.701. The van der Waals surface area contributed by atoms with E-state index in [0.717, 1.165) is 34.9 Å². The minimum atomic E-state index is -3.70. The molecule has 29 heavy (non-hydrogen) atoms. The highest BCUT2D eigenvalue weighted by Gasteiger charge is 2.24. The van der Waals surface area contributed by atoms with Gasteiger partial charge in [-0.1, -0.05) is 18.2 Å². The van der Waals surface area contributed by atoms with E-state index in [0.29, 0.717) is 17.9 Å². The predicted octanol–water partition coefficient (Wildman–Crippen LogP) is 2.92. The van der Waals surface area contributed by atoms with Gasteiger partial charge in [0.15, 0.2) is 0 Å². The van der Waals surface area contributed by atoms with Gasteiger partial charge >= 0.3 is 0 Å². The molecular formula is C22H24N2O4S. The molecule has 0 radical (unpaired) electrons. The third kappa shape index (κ3) is 3.68. The van der Waals surface area contributed by atoms with E-state index in [1.165, 1.54) is 0 Å². The third-order valence-electron chi connectivity index (χ3n) is 5.44. The lowest BCUT2D eigenvalue weighted by Gasteiger charge is -2.24. The van der Waals surface area contributed by atoms with E-state index in [-0.39, 0.29) is 23.6 Å². The largest absolute Gasteiger partial charge is 0.492 e. The van der Waals surface area contributed by atoms with E-state index in [9.17, 15) is 13.2 Å². The van der Waals surface area contributed by atoms with Crippen LogP contribution in [0.3, 0.4) is 0 Å². The Morgan fingerprint density at radius 2 is 1.90 bits per heavy atom. The standard InChI is InChI=1S/C22H24N2O4S/c1-15-13-21(25)24-11-6-9-18-16(2)20(14-19(15)22(18)24)29(26,27)23-10-12-28-17-7-4-3-5-8-17/h3-5,7-8,13-14,23H,6,9-12H2,1-2H3. The lowest BCUT2D eigenvalue weighted by molar-refractivity contribution is 0.323. The van der Waals surface area contributed by atoms with Crippen molar-refractivity contribution < 1.29 is 13.2 Å². The van der Waals surface area contributed by atoms with Crippen molar-refractivity contribution in [3.63, 3.8) is 0 Å². The van der Waals surface area contributed by atoms with Gasteiger partial charge < -0.3 is 9.30 Å². The quantitative estimate of drug-likeness (QED) is 0.632. The number of nitrogens with zero attached hydrogens (tertiary/aromatic N) is 1. The fourth-order valence-electron chi connectivity index (χ4n) is 4.02. The van der Waals surface area contributed by atoms with E-state index >= 15 is 0 Å². The first-order chi connectivity index (χ1) is 13.9. The Morgan fingerprint density at radius 3 is 2.66 bits per heavy atom. The Hall–Kier alpha value is -2.64. The van der Waals surface area contributed by atoms with Crippen LogP contribution < -0.4 is 15.0 Å². The van der Waals surface area contributed by atoms with Crippen LogP contribution in [0.2, 0.25) is 0 Å². The third-order valence-corrected chi connectivity index (χ3v) is 7.03. The lowest BCUT2D eigenvalue weighted by Crippen LogP contribution is -2.30. The number of aromatic nitrogens is 1. The second-order valence-electron chi connectivity index (χ2n) is 7.35. The second kappa shape index (κ2) is 7.65. The molecule has 0 atom stereocenters. The maximum atomic E-state index is 13.0. The molecule has 0 bridgehead atoms. The van der Waals surface area contributed by atoms with Crippen LogP contribution in [0.4, 0.5) is 0 Å². The first-order valence-corrected chi connectivity index (χ1v) is 11.2. The molecule has 1 aromatic heterocycles. The summed E-state index contributed by atoms with van der Waals surface area (Å²) < 4.78 is 36.0. The molecule has 7 heteroatoms. The van der Waals surface area contributed by atoms with Crippen LogP contribution >= 0.6 is 0 Å². The molecule has 152 valence electrons. The van der Waals surface area contributed by atoms with Gasteiger partial charge in [0.2, 0.25) is 10.0 Å². The summed E-state index contributed by atoms with van der Waals surface area (Å²) in [7, 11) is -3.70. The molecule has 0 saturated heterocycles. The van der Waals surface area contributed by atoms with Crippen molar-refractivity contribution in [2.24, 2.45) is 0 Å². The highest BCUT2D eigenvalue weighted by Crippen LogP contribution is 2.32. The minimum absolute atomic E-state index is 0.0258. The van der Waals surface area contributed by atoms with Crippen LogP contribution in [0.1, 0.15) is 23.1 Å². The van der Waals surface area contributed by atoms with E-state index in [1.54, 1.807) is 16.7 Å². The zero-order valence-corrected chi connectivity index (χ0v) is 17.4. The molecule has 4 rings (SSSR count). The van der Waals surface area contributed by atoms with Crippen molar-refractivity contribution >= 4 is 20.9 Å². The SMILES string of the molecule is Cc1c(S(=O)(=O)NCCOc2ccccc2)cc2c(C)cc(=O)n3c2c1CCC3. The van der Waals surface area contributed by atoms with Crippen molar-refractivity contribution in [2.45, 2.75) is 38.1 Å². The molecule has 2 heterocycles. The smallest absolute Gasteiger partial charge is 0.251 e. The van der Waals surface area contributed by atoms with Gasteiger partial charge in [0.05, 0.1) is 10.4 Å². The molecule has 0 fully saturated rings. The average Bonchev–Trinajstić information content (AvgIpc) is 2.71. The van der Waals surface area contributed by atoms with Gasteiger partial charge in [-0.05, 0) is 61.6 Å². The van der Waals surface area contributed by atoms with Crippen LogP contribution in [0, 0.1) is 13.8 Å². The number of pyridine rings is 1. The summed E-state index contributed by atoms with van der Waals surface area (Å²) in [5, 5.41) is 0.825. The molecule has 3 aromatic rings. The van der Waals surface area contributed by atoms with Gasteiger partial charge in [0, 0.05) is 24.5 Å². The Bertz CT molecular complexity index is 1230. The lowest BCUT2D eigenvalue weighted by atomic mass is 9.95. The maximum absolute atomic E-state index is 13.0. The van der Waals surface area contributed by atoms with Gasteiger partial charge in [-0.2, -0.15) is 0 Å². The number of sulfonamides is 1. The van der Waals surface area contributed by atoms with Crippen LogP contribution in [0.5, 0.6) is 5.75 Å². The molecule has 2 aromatic carbocycles. The molecular weight excluding hydrogens is 388 g/mol. The monoisotopic (exact) mass is 412 g/mol. The molecule has 0 aliphatic carbocycles. The maximum Gasteiger partial charge on any atom is 0.251 e. The molecule has 1 aliphatic heterocycles.